The maximum atomic E-state index is 12.8. The minimum atomic E-state index is -0.0657. The van der Waals surface area contributed by atoms with Gasteiger partial charge in [-0.25, -0.2) is 14.5 Å². The highest BCUT2D eigenvalue weighted by Gasteiger charge is 2.20. The van der Waals surface area contributed by atoms with Gasteiger partial charge in [0.1, 0.15) is 12.0 Å². The van der Waals surface area contributed by atoms with Gasteiger partial charge in [0.05, 0.1) is 5.56 Å². The summed E-state index contributed by atoms with van der Waals surface area (Å²) < 4.78 is 1.72. The Bertz CT molecular complexity index is 1150. The first-order chi connectivity index (χ1) is 13.7. The second kappa shape index (κ2) is 6.72. The summed E-state index contributed by atoms with van der Waals surface area (Å²) in [6.07, 6.45) is 8.91. The maximum Gasteiger partial charge on any atom is 0.253 e. The van der Waals surface area contributed by atoms with Gasteiger partial charge in [-0.3, -0.25) is 4.79 Å². The van der Waals surface area contributed by atoms with E-state index < -0.39 is 0 Å². The van der Waals surface area contributed by atoms with Crippen LogP contribution < -0.4 is 5.32 Å². The first-order valence-electron chi connectivity index (χ1n) is 9.44. The number of rotatable bonds is 3. The van der Waals surface area contributed by atoms with Gasteiger partial charge in [0.15, 0.2) is 5.65 Å². The number of H-pyrrole nitrogens is 1. The number of aromatic nitrogens is 5. The van der Waals surface area contributed by atoms with Crippen LogP contribution in [0.3, 0.4) is 0 Å². The van der Waals surface area contributed by atoms with E-state index >= 15 is 0 Å². The van der Waals surface area contributed by atoms with Gasteiger partial charge in [-0.05, 0) is 56.7 Å². The van der Waals surface area contributed by atoms with E-state index in [1.54, 1.807) is 10.7 Å². The van der Waals surface area contributed by atoms with Crippen molar-refractivity contribution in [2.24, 2.45) is 0 Å². The number of nitrogens with one attached hydrogen (secondary N) is 2. The number of carbonyl (C=O) groups is 1. The lowest BCUT2D eigenvalue weighted by Crippen LogP contribution is -2.43. The third-order valence-electron chi connectivity index (χ3n) is 5.44. The molecule has 142 valence electrons. The van der Waals surface area contributed by atoms with Crippen LogP contribution in [0.4, 0.5) is 0 Å². The normalized spacial score (nSPS) is 16.0. The number of fused-ring (bicyclic) bond motifs is 2. The molecule has 4 aromatic heterocycles. The topological polar surface area (TPSA) is 91.2 Å². The molecule has 1 aliphatic heterocycles. The molecule has 8 nitrogen and oxygen atoms in total. The number of amides is 1. The Kier molecular flexibility index (Phi) is 4.05. The largest absolute Gasteiger partial charge is 0.349 e. The number of aromatic amines is 1. The molecule has 0 aromatic carbocycles. The second-order valence-corrected chi connectivity index (χ2v) is 7.35. The van der Waals surface area contributed by atoms with Crippen LogP contribution in [0.25, 0.3) is 27.8 Å². The molecule has 4 aromatic rings. The standard InChI is InChI=1S/C20H21N7O/c1-26-5-3-15(4-6-26)25-20(28)14-8-16-17(11-22-19(16)21-10-14)13-2-7-27-18(9-13)23-12-24-27/h2,7-12,15H,3-6H2,1H3,(H,21,22)(H,25,28). The van der Waals surface area contributed by atoms with Crippen molar-refractivity contribution in [3.63, 3.8) is 0 Å². The van der Waals surface area contributed by atoms with E-state index in [0.29, 0.717) is 5.56 Å². The van der Waals surface area contributed by atoms with E-state index in [-0.39, 0.29) is 11.9 Å². The van der Waals surface area contributed by atoms with Crippen LogP contribution in [0, 0.1) is 0 Å². The third-order valence-corrected chi connectivity index (χ3v) is 5.44. The molecule has 0 bridgehead atoms. The lowest BCUT2D eigenvalue weighted by Gasteiger charge is -2.29. The zero-order valence-electron chi connectivity index (χ0n) is 15.6. The van der Waals surface area contributed by atoms with Crippen molar-refractivity contribution >= 4 is 22.6 Å². The number of nitrogens with zero attached hydrogens (tertiary/aromatic N) is 5. The Hall–Kier alpha value is -3.26. The molecule has 1 aliphatic rings. The summed E-state index contributed by atoms with van der Waals surface area (Å²) in [6.45, 7) is 2.02. The fraction of sp³-hybridized carbons (Fsp3) is 0.300. The second-order valence-electron chi connectivity index (χ2n) is 7.35. The highest BCUT2D eigenvalue weighted by Crippen LogP contribution is 2.28. The minimum Gasteiger partial charge on any atom is -0.349 e. The lowest BCUT2D eigenvalue weighted by molar-refractivity contribution is 0.0916. The Morgan fingerprint density at radius 2 is 2.11 bits per heavy atom. The number of likely N-dealkylation sites (tertiary alicyclic amines) is 1. The Labute approximate surface area is 161 Å². The van der Waals surface area contributed by atoms with Crippen LogP contribution in [-0.4, -0.2) is 61.6 Å². The molecule has 0 atom stereocenters. The van der Waals surface area contributed by atoms with Gasteiger partial charge in [-0.1, -0.05) is 0 Å². The van der Waals surface area contributed by atoms with Gasteiger partial charge in [-0.15, -0.1) is 0 Å². The molecule has 5 heterocycles. The van der Waals surface area contributed by atoms with E-state index in [4.69, 9.17) is 0 Å². The van der Waals surface area contributed by atoms with E-state index in [0.717, 1.165) is 53.7 Å². The number of pyridine rings is 2. The number of hydrogen-bond acceptors (Lipinski definition) is 5. The van der Waals surface area contributed by atoms with Gasteiger partial charge < -0.3 is 15.2 Å². The zero-order valence-corrected chi connectivity index (χ0v) is 15.6. The summed E-state index contributed by atoms with van der Waals surface area (Å²) in [7, 11) is 2.11. The van der Waals surface area contributed by atoms with Crippen LogP contribution in [0.5, 0.6) is 0 Å². The van der Waals surface area contributed by atoms with Crippen molar-refractivity contribution in [3.8, 4) is 11.1 Å². The molecule has 0 saturated carbocycles. The Morgan fingerprint density at radius 1 is 1.25 bits per heavy atom. The molecule has 0 radical (unpaired) electrons. The van der Waals surface area contributed by atoms with Crippen molar-refractivity contribution in [1.82, 2.24) is 34.8 Å². The van der Waals surface area contributed by atoms with Crippen LogP contribution in [0.15, 0.2) is 43.1 Å². The minimum absolute atomic E-state index is 0.0657. The average Bonchev–Trinajstić information content (AvgIpc) is 3.35. The first-order valence-corrected chi connectivity index (χ1v) is 9.44. The Morgan fingerprint density at radius 3 is 2.96 bits per heavy atom. The van der Waals surface area contributed by atoms with Crippen molar-refractivity contribution < 1.29 is 4.79 Å². The van der Waals surface area contributed by atoms with Crippen LogP contribution in [-0.2, 0) is 0 Å². The molecule has 1 amide bonds. The van der Waals surface area contributed by atoms with Gasteiger partial charge in [0.2, 0.25) is 0 Å². The van der Waals surface area contributed by atoms with E-state index in [2.05, 4.69) is 37.3 Å². The SMILES string of the molecule is CN1CCC(NC(=O)c2cnc3[nH]cc(-c4ccn5ncnc5c4)c3c2)CC1. The summed E-state index contributed by atoms with van der Waals surface area (Å²) >= 11 is 0. The molecule has 8 heteroatoms. The van der Waals surface area contributed by atoms with Gasteiger partial charge in [-0.2, -0.15) is 5.10 Å². The predicted octanol–water partition coefficient (Wildman–Crippen LogP) is 2.10. The van der Waals surface area contributed by atoms with Gasteiger partial charge >= 0.3 is 0 Å². The number of piperidine rings is 1. The van der Waals surface area contributed by atoms with Crippen LogP contribution in [0.2, 0.25) is 0 Å². The summed E-state index contributed by atoms with van der Waals surface area (Å²) in [5.74, 6) is -0.0657. The molecule has 28 heavy (non-hydrogen) atoms. The quantitative estimate of drug-likeness (QED) is 0.572. The highest BCUT2D eigenvalue weighted by molar-refractivity contribution is 6.01. The summed E-state index contributed by atoms with van der Waals surface area (Å²) in [5, 5.41) is 8.20. The van der Waals surface area contributed by atoms with Crippen LogP contribution >= 0.6 is 0 Å². The monoisotopic (exact) mass is 375 g/mol. The average molecular weight is 375 g/mol. The van der Waals surface area contributed by atoms with Crippen molar-refractivity contribution in [2.75, 3.05) is 20.1 Å². The Balaban J connectivity index is 1.45. The maximum absolute atomic E-state index is 12.8. The van der Waals surface area contributed by atoms with E-state index in [9.17, 15) is 4.79 Å². The number of carbonyl (C=O) groups excluding carboxylic acids is 1. The summed E-state index contributed by atoms with van der Waals surface area (Å²) in [4.78, 5) is 26.9. The lowest BCUT2D eigenvalue weighted by atomic mass is 10.0. The smallest absolute Gasteiger partial charge is 0.253 e. The zero-order chi connectivity index (χ0) is 19.1. The molecule has 5 rings (SSSR count). The molecule has 1 saturated heterocycles. The molecular formula is C20H21N7O. The summed E-state index contributed by atoms with van der Waals surface area (Å²) in [6, 6.07) is 6.09. The van der Waals surface area contributed by atoms with Crippen molar-refractivity contribution in [1.29, 1.82) is 0 Å². The van der Waals surface area contributed by atoms with Gasteiger partial charge in [0, 0.05) is 35.6 Å². The molecule has 2 N–H and O–H groups in total. The molecular weight excluding hydrogens is 354 g/mol. The first kappa shape index (κ1) is 16.9. The molecule has 0 aliphatic carbocycles. The van der Waals surface area contributed by atoms with Gasteiger partial charge in [0.25, 0.3) is 5.91 Å². The fourth-order valence-corrected chi connectivity index (χ4v) is 3.77. The highest BCUT2D eigenvalue weighted by atomic mass is 16.1. The van der Waals surface area contributed by atoms with Crippen LogP contribution in [0.1, 0.15) is 23.2 Å². The molecule has 0 unspecified atom stereocenters. The summed E-state index contributed by atoms with van der Waals surface area (Å²) in [5.41, 5.74) is 4.10. The molecule has 0 spiro atoms. The number of hydrogen-bond donors (Lipinski definition) is 2. The molecule has 1 fully saturated rings. The van der Waals surface area contributed by atoms with E-state index in [1.165, 1.54) is 6.33 Å². The van der Waals surface area contributed by atoms with Crippen molar-refractivity contribution in [3.05, 3.63) is 48.7 Å². The van der Waals surface area contributed by atoms with Crippen molar-refractivity contribution in [2.45, 2.75) is 18.9 Å². The van der Waals surface area contributed by atoms with E-state index in [1.807, 2.05) is 30.6 Å². The predicted molar refractivity (Wildman–Crippen MR) is 106 cm³/mol. The fourth-order valence-electron chi connectivity index (χ4n) is 3.77. The third kappa shape index (κ3) is 3.01.